The lowest BCUT2D eigenvalue weighted by Gasteiger charge is -2.24. The molecule has 0 unspecified atom stereocenters. The van der Waals surface area contributed by atoms with Gasteiger partial charge in [0.25, 0.3) is 15.9 Å². The molecule has 1 N–H and O–H groups in total. The third-order valence-electron chi connectivity index (χ3n) is 4.87. The SMILES string of the molecule is CCOc1ccc(N(CC(=O)N/N=C(/C)c2ccc(C)cc2)S(=O)(=O)c2ccccc2)cc1. The van der Waals surface area contributed by atoms with Crippen molar-refractivity contribution in [1.29, 1.82) is 0 Å². The van der Waals surface area contributed by atoms with E-state index in [2.05, 4.69) is 10.5 Å². The number of rotatable bonds is 9. The van der Waals surface area contributed by atoms with Crippen LogP contribution in [0.15, 0.2) is 88.9 Å². The fraction of sp³-hybridized carbons (Fsp3) is 0.200. The highest BCUT2D eigenvalue weighted by atomic mass is 32.2. The smallest absolute Gasteiger partial charge is 0.264 e. The lowest BCUT2D eigenvalue weighted by Crippen LogP contribution is -2.39. The summed E-state index contributed by atoms with van der Waals surface area (Å²) in [5, 5.41) is 4.14. The van der Waals surface area contributed by atoms with Crippen molar-refractivity contribution in [3.8, 4) is 5.75 Å². The average molecular weight is 466 g/mol. The normalized spacial score (nSPS) is 11.7. The van der Waals surface area contributed by atoms with E-state index in [0.717, 1.165) is 15.4 Å². The van der Waals surface area contributed by atoms with Crippen LogP contribution in [0.3, 0.4) is 0 Å². The number of nitrogens with one attached hydrogen (secondary N) is 1. The van der Waals surface area contributed by atoms with Crippen LogP contribution in [-0.4, -0.2) is 33.2 Å². The third-order valence-corrected chi connectivity index (χ3v) is 6.66. The second kappa shape index (κ2) is 10.8. The molecular weight excluding hydrogens is 438 g/mol. The molecular formula is C25H27N3O4S. The molecule has 0 saturated heterocycles. The quantitative estimate of drug-likeness (QED) is 0.380. The van der Waals surface area contributed by atoms with Gasteiger partial charge >= 0.3 is 0 Å². The largest absolute Gasteiger partial charge is 0.494 e. The third kappa shape index (κ3) is 6.20. The van der Waals surface area contributed by atoms with Gasteiger partial charge in [-0.2, -0.15) is 5.10 Å². The number of anilines is 1. The predicted molar refractivity (Wildman–Crippen MR) is 130 cm³/mol. The maximum absolute atomic E-state index is 13.3. The Balaban J connectivity index is 1.85. The summed E-state index contributed by atoms with van der Waals surface area (Å²) in [6.07, 6.45) is 0. The summed E-state index contributed by atoms with van der Waals surface area (Å²) < 4.78 is 33.2. The van der Waals surface area contributed by atoms with Gasteiger partial charge < -0.3 is 4.74 Å². The molecule has 3 aromatic carbocycles. The standard InChI is InChI=1S/C25H27N3O4S/c1-4-32-23-16-14-22(15-17-23)28(33(30,31)24-8-6-5-7-9-24)18-25(29)27-26-20(3)21-12-10-19(2)11-13-21/h5-17H,4,18H2,1-3H3,(H,27,29)/b26-20-. The van der Waals surface area contributed by atoms with E-state index in [9.17, 15) is 13.2 Å². The molecule has 0 heterocycles. The number of carbonyl (C=O) groups excluding carboxylic acids is 1. The van der Waals surface area contributed by atoms with Crippen LogP contribution in [0, 0.1) is 6.92 Å². The number of hydrazone groups is 1. The fourth-order valence-corrected chi connectivity index (χ4v) is 4.52. The molecule has 1 amide bonds. The number of hydrogen-bond donors (Lipinski definition) is 1. The van der Waals surface area contributed by atoms with E-state index >= 15 is 0 Å². The van der Waals surface area contributed by atoms with E-state index in [-0.39, 0.29) is 4.90 Å². The van der Waals surface area contributed by atoms with Crippen molar-refractivity contribution in [2.75, 3.05) is 17.5 Å². The molecule has 0 fully saturated rings. The zero-order valence-electron chi connectivity index (χ0n) is 18.9. The molecule has 0 saturated carbocycles. The Morgan fingerprint density at radius 1 is 0.970 bits per heavy atom. The number of sulfonamides is 1. The second-order valence-corrected chi connectivity index (χ2v) is 9.21. The van der Waals surface area contributed by atoms with Gasteiger partial charge in [-0.25, -0.2) is 13.8 Å². The minimum Gasteiger partial charge on any atom is -0.494 e. The average Bonchev–Trinajstić information content (AvgIpc) is 2.83. The molecule has 7 nitrogen and oxygen atoms in total. The van der Waals surface area contributed by atoms with Crippen LogP contribution in [0.25, 0.3) is 0 Å². The van der Waals surface area contributed by atoms with E-state index in [1.807, 2.05) is 38.1 Å². The highest BCUT2D eigenvalue weighted by Gasteiger charge is 2.27. The van der Waals surface area contributed by atoms with Crippen molar-refractivity contribution in [2.45, 2.75) is 25.7 Å². The maximum atomic E-state index is 13.3. The van der Waals surface area contributed by atoms with E-state index in [4.69, 9.17) is 4.74 Å². The molecule has 0 aliphatic carbocycles. The van der Waals surface area contributed by atoms with E-state index in [1.54, 1.807) is 49.4 Å². The van der Waals surface area contributed by atoms with Gasteiger partial charge in [0.1, 0.15) is 12.3 Å². The molecule has 0 aliphatic heterocycles. The molecule has 0 spiro atoms. The minimum absolute atomic E-state index is 0.0889. The summed E-state index contributed by atoms with van der Waals surface area (Å²) >= 11 is 0. The molecule has 172 valence electrons. The second-order valence-electron chi connectivity index (χ2n) is 7.35. The highest BCUT2D eigenvalue weighted by Crippen LogP contribution is 2.25. The number of hydrogen-bond acceptors (Lipinski definition) is 5. The van der Waals surface area contributed by atoms with E-state index in [1.165, 1.54) is 12.1 Å². The summed E-state index contributed by atoms with van der Waals surface area (Å²) in [6.45, 7) is 5.68. The molecule has 0 radical (unpaired) electrons. The monoisotopic (exact) mass is 465 g/mol. The van der Waals surface area contributed by atoms with Gasteiger partial charge in [0.2, 0.25) is 0 Å². The first-order valence-corrected chi connectivity index (χ1v) is 12.0. The number of amides is 1. The Hall–Kier alpha value is -3.65. The molecule has 0 atom stereocenters. The Labute approximate surface area is 194 Å². The molecule has 0 aliphatic rings. The summed E-state index contributed by atoms with van der Waals surface area (Å²) in [4.78, 5) is 12.8. The van der Waals surface area contributed by atoms with Gasteiger partial charge in [-0.15, -0.1) is 0 Å². The number of nitrogens with zero attached hydrogens (tertiary/aromatic N) is 2. The van der Waals surface area contributed by atoms with Crippen molar-refractivity contribution < 1.29 is 17.9 Å². The fourth-order valence-electron chi connectivity index (χ4n) is 3.08. The Morgan fingerprint density at radius 2 is 1.61 bits per heavy atom. The van der Waals surface area contributed by atoms with Crippen molar-refractivity contribution in [2.24, 2.45) is 5.10 Å². The lowest BCUT2D eigenvalue weighted by molar-refractivity contribution is -0.119. The molecule has 0 aromatic heterocycles. The van der Waals surface area contributed by atoms with Gasteiger partial charge in [0.05, 0.1) is 22.9 Å². The van der Waals surface area contributed by atoms with Gasteiger partial charge in [0, 0.05) is 0 Å². The van der Waals surface area contributed by atoms with E-state index in [0.29, 0.717) is 23.8 Å². The van der Waals surface area contributed by atoms with Crippen molar-refractivity contribution >= 4 is 27.3 Å². The molecule has 3 rings (SSSR count). The van der Waals surface area contributed by atoms with Gasteiger partial charge in [0.15, 0.2) is 0 Å². The summed E-state index contributed by atoms with van der Waals surface area (Å²) in [7, 11) is -3.99. The van der Waals surface area contributed by atoms with Gasteiger partial charge in [-0.1, -0.05) is 48.0 Å². The molecule has 33 heavy (non-hydrogen) atoms. The Kier molecular flexibility index (Phi) is 7.84. The predicted octanol–water partition coefficient (Wildman–Crippen LogP) is 4.13. The van der Waals surface area contributed by atoms with Crippen LogP contribution in [0.5, 0.6) is 5.75 Å². The highest BCUT2D eigenvalue weighted by molar-refractivity contribution is 7.92. The van der Waals surface area contributed by atoms with Crippen molar-refractivity contribution in [3.05, 3.63) is 90.0 Å². The topological polar surface area (TPSA) is 88.1 Å². The Morgan fingerprint density at radius 3 is 2.21 bits per heavy atom. The summed E-state index contributed by atoms with van der Waals surface area (Å²) in [5.41, 5.74) is 5.41. The first kappa shape index (κ1) is 24.0. The van der Waals surface area contributed by atoms with Crippen LogP contribution < -0.4 is 14.5 Å². The molecule has 0 bridgehead atoms. The van der Waals surface area contributed by atoms with Gasteiger partial charge in [-0.3, -0.25) is 9.10 Å². The van der Waals surface area contributed by atoms with Gasteiger partial charge in [-0.05, 0) is 62.7 Å². The van der Waals surface area contributed by atoms with E-state index < -0.39 is 22.5 Å². The molecule has 3 aromatic rings. The zero-order chi connectivity index (χ0) is 23.8. The lowest BCUT2D eigenvalue weighted by atomic mass is 10.1. The number of benzene rings is 3. The minimum atomic E-state index is -3.99. The van der Waals surface area contributed by atoms with Crippen molar-refractivity contribution in [3.63, 3.8) is 0 Å². The zero-order valence-corrected chi connectivity index (χ0v) is 19.7. The van der Waals surface area contributed by atoms with Crippen LogP contribution in [0.2, 0.25) is 0 Å². The maximum Gasteiger partial charge on any atom is 0.264 e. The number of carbonyl (C=O) groups is 1. The van der Waals surface area contributed by atoms with Crippen LogP contribution in [0.1, 0.15) is 25.0 Å². The molecule has 8 heteroatoms. The first-order chi connectivity index (χ1) is 15.8. The summed E-state index contributed by atoms with van der Waals surface area (Å²) in [5.74, 6) is 0.0518. The summed E-state index contributed by atoms with van der Waals surface area (Å²) in [6, 6.07) is 22.3. The van der Waals surface area contributed by atoms with Crippen LogP contribution in [0.4, 0.5) is 5.69 Å². The number of aryl methyl sites for hydroxylation is 1. The van der Waals surface area contributed by atoms with Crippen LogP contribution in [-0.2, 0) is 14.8 Å². The number of ether oxygens (including phenoxy) is 1. The van der Waals surface area contributed by atoms with Crippen LogP contribution >= 0.6 is 0 Å². The van der Waals surface area contributed by atoms with Crippen molar-refractivity contribution in [1.82, 2.24) is 5.43 Å². The Bertz CT molecular complexity index is 1210. The first-order valence-electron chi connectivity index (χ1n) is 10.5.